The van der Waals surface area contributed by atoms with Crippen LogP contribution in [-0.4, -0.2) is 23.3 Å². The standard InChI is InChI=1S/C21H25N3O2/c1-3-26-20-7-4-17(5-8-20)13-23-14-18-6-9-21(25-2)19(12-18)15-24-11-10-22-16-24/h4-12,16,23H,3,13-15H2,1-2H3. The molecule has 3 aromatic rings. The summed E-state index contributed by atoms with van der Waals surface area (Å²) in [6.45, 7) is 5.04. The fourth-order valence-corrected chi connectivity index (χ4v) is 2.86. The number of nitrogens with zero attached hydrogens (tertiary/aromatic N) is 2. The third kappa shape index (κ3) is 4.86. The van der Waals surface area contributed by atoms with Gasteiger partial charge >= 0.3 is 0 Å². The second-order valence-electron chi connectivity index (χ2n) is 6.06. The van der Waals surface area contributed by atoms with Crippen LogP contribution in [0.3, 0.4) is 0 Å². The van der Waals surface area contributed by atoms with Gasteiger partial charge in [0, 0.05) is 31.0 Å². The molecule has 5 heteroatoms. The van der Waals surface area contributed by atoms with E-state index in [1.807, 2.05) is 42.2 Å². The highest BCUT2D eigenvalue weighted by molar-refractivity contribution is 5.37. The fourth-order valence-electron chi connectivity index (χ4n) is 2.86. The first-order valence-electron chi connectivity index (χ1n) is 8.82. The lowest BCUT2D eigenvalue weighted by atomic mass is 10.1. The van der Waals surface area contributed by atoms with Crippen LogP contribution in [0.2, 0.25) is 0 Å². The maximum absolute atomic E-state index is 5.49. The molecular formula is C21H25N3O2. The highest BCUT2D eigenvalue weighted by Crippen LogP contribution is 2.21. The molecule has 0 aliphatic heterocycles. The third-order valence-electron chi connectivity index (χ3n) is 4.15. The molecule has 1 aromatic heterocycles. The number of rotatable bonds is 9. The zero-order valence-electron chi connectivity index (χ0n) is 15.3. The van der Waals surface area contributed by atoms with Crippen LogP contribution < -0.4 is 14.8 Å². The molecule has 0 aliphatic rings. The van der Waals surface area contributed by atoms with Gasteiger partial charge < -0.3 is 19.4 Å². The molecule has 26 heavy (non-hydrogen) atoms. The molecule has 0 radical (unpaired) electrons. The topological polar surface area (TPSA) is 48.3 Å². The number of benzene rings is 2. The summed E-state index contributed by atoms with van der Waals surface area (Å²) in [6.07, 6.45) is 5.56. The van der Waals surface area contributed by atoms with Crippen molar-refractivity contribution in [2.24, 2.45) is 0 Å². The van der Waals surface area contributed by atoms with Crippen LogP contribution in [0.1, 0.15) is 23.6 Å². The Kier molecular flexibility index (Phi) is 6.28. The second kappa shape index (κ2) is 9.06. The highest BCUT2D eigenvalue weighted by atomic mass is 16.5. The summed E-state index contributed by atoms with van der Waals surface area (Å²) >= 11 is 0. The van der Waals surface area contributed by atoms with Crippen LogP contribution in [0.15, 0.2) is 61.2 Å². The number of nitrogens with one attached hydrogen (secondary N) is 1. The minimum absolute atomic E-state index is 0.691. The van der Waals surface area contributed by atoms with Crippen molar-refractivity contribution in [1.82, 2.24) is 14.9 Å². The maximum atomic E-state index is 5.49. The van der Waals surface area contributed by atoms with Crippen LogP contribution >= 0.6 is 0 Å². The zero-order valence-corrected chi connectivity index (χ0v) is 15.3. The Labute approximate surface area is 154 Å². The molecule has 1 N–H and O–H groups in total. The van der Waals surface area contributed by atoms with E-state index in [4.69, 9.17) is 9.47 Å². The van der Waals surface area contributed by atoms with Gasteiger partial charge in [0.2, 0.25) is 0 Å². The lowest BCUT2D eigenvalue weighted by Crippen LogP contribution is -2.13. The maximum Gasteiger partial charge on any atom is 0.123 e. The number of hydrogen-bond donors (Lipinski definition) is 1. The summed E-state index contributed by atoms with van der Waals surface area (Å²) in [6, 6.07) is 14.5. The van der Waals surface area contributed by atoms with Crippen LogP contribution in [0.4, 0.5) is 0 Å². The lowest BCUT2D eigenvalue weighted by Gasteiger charge is -2.12. The monoisotopic (exact) mass is 351 g/mol. The van der Waals surface area contributed by atoms with Crippen molar-refractivity contribution in [1.29, 1.82) is 0 Å². The van der Waals surface area contributed by atoms with E-state index in [1.165, 1.54) is 11.1 Å². The van der Waals surface area contributed by atoms with Gasteiger partial charge in [0.1, 0.15) is 11.5 Å². The van der Waals surface area contributed by atoms with Crippen LogP contribution in [-0.2, 0) is 19.6 Å². The van der Waals surface area contributed by atoms with Crippen LogP contribution in [0.25, 0.3) is 0 Å². The van der Waals surface area contributed by atoms with Gasteiger partial charge in [0.15, 0.2) is 0 Å². The SMILES string of the molecule is CCOc1ccc(CNCc2ccc(OC)c(Cn3ccnc3)c2)cc1. The van der Waals surface area contributed by atoms with Gasteiger partial charge in [-0.15, -0.1) is 0 Å². The van der Waals surface area contributed by atoms with Crippen molar-refractivity contribution in [3.05, 3.63) is 77.9 Å². The molecule has 5 nitrogen and oxygen atoms in total. The average Bonchev–Trinajstić information content (AvgIpc) is 3.17. The molecule has 136 valence electrons. The molecule has 0 spiro atoms. The molecule has 0 saturated heterocycles. The largest absolute Gasteiger partial charge is 0.496 e. The number of imidazole rings is 1. The number of methoxy groups -OCH3 is 1. The Morgan fingerprint density at radius 1 is 1.04 bits per heavy atom. The molecule has 0 bridgehead atoms. The van der Waals surface area contributed by atoms with Crippen LogP contribution in [0, 0.1) is 0 Å². The number of hydrogen-bond acceptors (Lipinski definition) is 4. The van der Waals surface area contributed by atoms with E-state index in [0.717, 1.165) is 36.7 Å². The molecule has 3 rings (SSSR count). The lowest BCUT2D eigenvalue weighted by molar-refractivity contribution is 0.340. The molecule has 1 heterocycles. The van der Waals surface area contributed by atoms with Gasteiger partial charge in [0.25, 0.3) is 0 Å². The summed E-state index contributed by atoms with van der Waals surface area (Å²) in [5, 5.41) is 3.49. The van der Waals surface area contributed by atoms with E-state index in [-0.39, 0.29) is 0 Å². The quantitative estimate of drug-likeness (QED) is 0.640. The van der Waals surface area contributed by atoms with E-state index in [1.54, 1.807) is 13.3 Å². The fraction of sp³-hybridized carbons (Fsp3) is 0.286. The first-order valence-corrected chi connectivity index (χ1v) is 8.82. The molecule has 2 aromatic carbocycles. The summed E-state index contributed by atoms with van der Waals surface area (Å²) in [7, 11) is 1.70. The molecule has 0 atom stereocenters. The smallest absolute Gasteiger partial charge is 0.123 e. The van der Waals surface area contributed by atoms with E-state index in [2.05, 4.69) is 34.6 Å². The van der Waals surface area contributed by atoms with Crippen molar-refractivity contribution in [2.45, 2.75) is 26.6 Å². The third-order valence-corrected chi connectivity index (χ3v) is 4.15. The van der Waals surface area contributed by atoms with Crippen LogP contribution in [0.5, 0.6) is 11.5 Å². The van der Waals surface area contributed by atoms with Gasteiger partial charge in [-0.1, -0.05) is 18.2 Å². The summed E-state index contributed by atoms with van der Waals surface area (Å²) in [4.78, 5) is 4.10. The zero-order chi connectivity index (χ0) is 18.2. The Balaban J connectivity index is 1.59. The average molecular weight is 351 g/mol. The van der Waals surface area contributed by atoms with E-state index in [0.29, 0.717) is 6.61 Å². The van der Waals surface area contributed by atoms with Crippen molar-refractivity contribution in [3.63, 3.8) is 0 Å². The molecule has 0 saturated carbocycles. The Morgan fingerprint density at radius 3 is 2.50 bits per heavy atom. The summed E-state index contributed by atoms with van der Waals surface area (Å²) < 4.78 is 13.0. The molecule has 0 fully saturated rings. The number of ether oxygens (including phenoxy) is 2. The molecule has 0 amide bonds. The normalized spacial score (nSPS) is 10.7. The van der Waals surface area contributed by atoms with Gasteiger partial charge in [-0.25, -0.2) is 4.98 Å². The second-order valence-corrected chi connectivity index (χ2v) is 6.06. The Morgan fingerprint density at radius 2 is 1.81 bits per heavy atom. The predicted molar refractivity (Wildman–Crippen MR) is 102 cm³/mol. The number of aromatic nitrogens is 2. The Bertz CT molecular complexity index is 799. The van der Waals surface area contributed by atoms with Gasteiger partial charge in [0.05, 0.1) is 26.6 Å². The van der Waals surface area contributed by atoms with Gasteiger partial charge in [-0.05, 0) is 42.3 Å². The molecular weight excluding hydrogens is 326 g/mol. The van der Waals surface area contributed by atoms with Crippen molar-refractivity contribution >= 4 is 0 Å². The van der Waals surface area contributed by atoms with Crippen molar-refractivity contribution in [2.75, 3.05) is 13.7 Å². The van der Waals surface area contributed by atoms with E-state index >= 15 is 0 Å². The van der Waals surface area contributed by atoms with Gasteiger partial charge in [-0.3, -0.25) is 0 Å². The van der Waals surface area contributed by atoms with Crippen molar-refractivity contribution in [3.8, 4) is 11.5 Å². The minimum atomic E-state index is 0.691. The van der Waals surface area contributed by atoms with Gasteiger partial charge in [-0.2, -0.15) is 0 Å². The first-order chi connectivity index (χ1) is 12.8. The molecule has 0 aliphatic carbocycles. The summed E-state index contributed by atoms with van der Waals surface area (Å²) in [5.41, 5.74) is 3.61. The molecule has 0 unspecified atom stereocenters. The van der Waals surface area contributed by atoms with E-state index in [9.17, 15) is 0 Å². The first kappa shape index (κ1) is 18.0. The highest BCUT2D eigenvalue weighted by Gasteiger charge is 2.06. The van der Waals surface area contributed by atoms with E-state index < -0.39 is 0 Å². The Hall–Kier alpha value is -2.79. The minimum Gasteiger partial charge on any atom is -0.496 e. The van der Waals surface area contributed by atoms with Crippen molar-refractivity contribution < 1.29 is 9.47 Å². The predicted octanol–water partition coefficient (Wildman–Crippen LogP) is 3.63. The summed E-state index contributed by atoms with van der Waals surface area (Å²) in [5.74, 6) is 1.81.